The predicted molar refractivity (Wildman–Crippen MR) is 143 cm³/mol. The minimum absolute atomic E-state index is 0.0926. The lowest BCUT2D eigenvalue weighted by Crippen LogP contribution is -2.29. The molecule has 8 nitrogen and oxygen atoms in total. The fourth-order valence-corrected chi connectivity index (χ4v) is 5.45. The van der Waals surface area contributed by atoms with Crippen LogP contribution in [0.15, 0.2) is 53.5 Å². The Bertz CT molecular complexity index is 1610. The second-order valence-electron chi connectivity index (χ2n) is 9.71. The summed E-state index contributed by atoms with van der Waals surface area (Å²) in [6.07, 6.45) is 5.84. The van der Waals surface area contributed by atoms with Crippen LogP contribution < -0.4 is 20.5 Å². The molecule has 0 spiro atoms. The number of hydrogen-bond donors (Lipinski definition) is 1. The van der Waals surface area contributed by atoms with E-state index < -0.39 is 5.82 Å². The van der Waals surface area contributed by atoms with Gasteiger partial charge in [0.2, 0.25) is 0 Å². The highest BCUT2D eigenvalue weighted by Gasteiger charge is 2.26. The van der Waals surface area contributed by atoms with Crippen molar-refractivity contribution < 1.29 is 9.13 Å². The molecule has 0 saturated carbocycles. The molecule has 1 N–H and O–H groups in total. The maximum absolute atomic E-state index is 14.7. The summed E-state index contributed by atoms with van der Waals surface area (Å²) < 4.78 is 21.2. The SMILES string of the molecule is COc1ccc(-n2c(C3CCCN3)nc3c(-c4ccc(N5CCCC5)nc4)cc(C#N)cc3c2=O)cc1F. The highest BCUT2D eigenvalue weighted by molar-refractivity contribution is 5.94. The molecule has 0 bridgehead atoms. The van der Waals surface area contributed by atoms with Crippen molar-refractivity contribution in [2.24, 2.45) is 0 Å². The number of nitrogens with zero attached hydrogens (tertiary/aromatic N) is 5. The Balaban J connectivity index is 1.58. The molecule has 0 aliphatic carbocycles. The molecule has 0 amide bonds. The normalized spacial score (nSPS) is 17.2. The molecule has 4 aromatic rings. The molecule has 6 rings (SSSR count). The van der Waals surface area contributed by atoms with Crippen LogP contribution in [0, 0.1) is 17.1 Å². The number of nitrogens with one attached hydrogen (secondary N) is 1. The van der Waals surface area contributed by atoms with Crippen LogP contribution in [0.3, 0.4) is 0 Å². The molecule has 1 unspecified atom stereocenters. The van der Waals surface area contributed by atoms with Gasteiger partial charge in [0.25, 0.3) is 5.56 Å². The van der Waals surface area contributed by atoms with Crippen molar-refractivity contribution in [3.8, 4) is 28.6 Å². The summed E-state index contributed by atoms with van der Waals surface area (Å²) in [6.45, 7) is 2.78. The maximum Gasteiger partial charge on any atom is 0.266 e. The number of fused-ring (bicyclic) bond motifs is 1. The zero-order valence-electron chi connectivity index (χ0n) is 21.1. The first-order valence-electron chi connectivity index (χ1n) is 12.9. The zero-order chi connectivity index (χ0) is 26.2. The fraction of sp³-hybridized carbons (Fsp3) is 0.310. The first-order valence-corrected chi connectivity index (χ1v) is 12.9. The monoisotopic (exact) mass is 510 g/mol. The summed E-state index contributed by atoms with van der Waals surface area (Å²) in [7, 11) is 1.40. The van der Waals surface area contributed by atoms with E-state index in [0.717, 1.165) is 56.7 Å². The highest BCUT2D eigenvalue weighted by atomic mass is 19.1. The van der Waals surface area contributed by atoms with Gasteiger partial charge in [0.1, 0.15) is 11.6 Å². The minimum atomic E-state index is -0.571. The molecule has 2 aromatic heterocycles. The number of methoxy groups -OCH3 is 1. The lowest BCUT2D eigenvalue weighted by molar-refractivity contribution is 0.386. The zero-order valence-corrected chi connectivity index (χ0v) is 21.1. The minimum Gasteiger partial charge on any atom is -0.494 e. The van der Waals surface area contributed by atoms with Gasteiger partial charge in [-0.2, -0.15) is 5.26 Å². The van der Waals surface area contributed by atoms with Crippen LogP contribution in [0.2, 0.25) is 0 Å². The summed E-state index contributed by atoms with van der Waals surface area (Å²) in [4.78, 5) is 26.0. The Hall–Kier alpha value is -4.29. The highest BCUT2D eigenvalue weighted by Crippen LogP contribution is 2.32. The van der Waals surface area contributed by atoms with Crippen molar-refractivity contribution in [2.45, 2.75) is 31.7 Å². The molecule has 2 fully saturated rings. The number of rotatable bonds is 5. The Morgan fingerprint density at radius 1 is 1.13 bits per heavy atom. The van der Waals surface area contributed by atoms with Crippen LogP contribution in [0.25, 0.3) is 27.7 Å². The Kier molecular flexibility index (Phi) is 6.26. The maximum atomic E-state index is 14.7. The van der Waals surface area contributed by atoms with Crippen LogP contribution in [-0.4, -0.2) is 41.3 Å². The van der Waals surface area contributed by atoms with E-state index in [1.54, 1.807) is 24.4 Å². The molecule has 1 atom stereocenters. The third-order valence-electron chi connectivity index (χ3n) is 7.38. The van der Waals surface area contributed by atoms with Crippen molar-refractivity contribution in [3.63, 3.8) is 0 Å². The molecular weight excluding hydrogens is 483 g/mol. The average molecular weight is 511 g/mol. The van der Waals surface area contributed by atoms with Crippen molar-refractivity contribution in [2.75, 3.05) is 31.6 Å². The van der Waals surface area contributed by atoms with E-state index >= 15 is 0 Å². The van der Waals surface area contributed by atoms with Crippen LogP contribution in [-0.2, 0) is 0 Å². The van der Waals surface area contributed by atoms with Gasteiger partial charge in [-0.25, -0.2) is 14.4 Å². The van der Waals surface area contributed by atoms with E-state index in [0.29, 0.717) is 33.5 Å². The molecule has 2 aliphatic heterocycles. The smallest absolute Gasteiger partial charge is 0.266 e. The second kappa shape index (κ2) is 9.88. The van der Waals surface area contributed by atoms with E-state index in [9.17, 15) is 14.4 Å². The fourth-order valence-electron chi connectivity index (χ4n) is 5.45. The first kappa shape index (κ1) is 24.1. The van der Waals surface area contributed by atoms with E-state index in [1.807, 2.05) is 12.1 Å². The molecule has 9 heteroatoms. The van der Waals surface area contributed by atoms with Crippen molar-refractivity contribution in [1.29, 1.82) is 5.26 Å². The van der Waals surface area contributed by atoms with Gasteiger partial charge in [-0.1, -0.05) is 0 Å². The van der Waals surface area contributed by atoms with E-state index in [-0.39, 0.29) is 17.4 Å². The van der Waals surface area contributed by atoms with E-state index in [2.05, 4.69) is 21.3 Å². The quantitative estimate of drug-likeness (QED) is 0.423. The summed E-state index contributed by atoms with van der Waals surface area (Å²) >= 11 is 0. The number of anilines is 1. The van der Waals surface area contributed by atoms with Gasteiger partial charge in [0, 0.05) is 36.5 Å². The summed E-state index contributed by atoms with van der Waals surface area (Å²) in [5, 5.41) is 13.5. The standard InChI is InChI=1S/C29H27FN6O2/c1-38-25-8-7-20(15-23(25)30)36-28(24-5-4-10-32-24)34-27-21(13-18(16-31)14-22(27)29(36)37)19-6-9-26(33-17-19)35-11-2-3-12-35/h6-9,13-15,17,24,32H,2-5,10-12H2,1H3. The molecule has 2 saturated heterocycles. The lowest BCUT2D eigenvalue weighted by Gasteiger charge is -2.20. The summed E-state index contributed by atoms with van der Waals surface area (Å²) in [5.74, 6) is 0.949. The average Bonchev–Trinajstić information content (AvgIpc) is 3.68. The number of nitriles is 1. The topological polar surface area (TPSA) is 96.1 Å². The van der Waals surface area contributed by atoms with E-state index in [1.165, 1.54) is 23.8 Å². The third kappa shape index (κ3) is 4.17. The third-order valence-corrected chi connectivity index (χ3v) is 7.38. The van der Waals surface area contributed by atoms with Crippen LogP contribution in [0.5, 0.6) is 5.75 Å². The van der Waals surface area contributed by atoms with Crippen LogP contribution in [0.1, 0.15) is 43.1 Å². The molecule has 4 heterocycles. The number of aromatic nitrogens is 3. The molecule has 2 aliphatic rings. The van der Waals surface area contributed by atoms with Gasteiger partial charge in [0.15, 0.2) is 11.6 Å². The Morgan fingerprint density at radius 2 is 1.97 bits per heavy atom. The van der Waals surface area contributed by atoms with Crippen molar-refractivity contribution in [3.05, 3.63) is 76.2 Å². The van der Waals surface area contributed by atoms with E-state index in [4.69, 9.17) is 9.72 Å². The molecular formula is C29H27FN6O2. The molecule has 38 heavy (non-hydrogen) atoms. The molecule has 0 radical (unpaired) electrons. The van der Waals surface area contributed by atoms with Crippen LogP contribution in [0.4, 0.5) is 10.2 Å². The largest absolute Gasteiger partial charge is 0.494 e. The number of halogens is 1. The van der Waals surface area contributed by atoms with Gasteiger partial charge in [-0.05, 0) is 68.6 Å². The number of ether oxygens (including phenoxy) is 1. The van der Waals surface area contributed by atoms with Gasteiger partial charge >= 0.3 is 0 Å². The Labute approximate surface area is 219 Å². The number of benzene rings is 2. The van der Waals surface area contributed by atoms with Gasteiger partial charge in [-0.15, -0.1) is 0 Å². The number of hydrogen-bond acceptors (Lipinski definition) is 7. The first-order chi connectivity index (χ1) is 18.6. The molecule has 2 aromatic carbocycles. The number of pyridine rings is 1. The second-order valence-corrected chi connectivity index (χ2v) is 9.71. The van der Waals surface area contributed by atoms with Gasteiger partial charge in [0.05, 0.1) is 41.4 Å². The molecule has 192 valence electrons. The lowest BCUT2D eigenvalue weighted by atomic mass is 10.0. The van der Waals surface area contributed by atoms with Gasteiger partial charge < -0.3 is 15.0 Å². The predicted octanol–water partition coefficient (Wildman–Crippen LogP) is 4.49. The van der Waals surface area contributed by atoms with Gasteiger partial charge in [-0.3, -0.25) is 9.36 Å². The Morgan fingerprint density at radius 3 is 2.63 bits per heavy atom. The van der Waals surface area contributed by atoms with Crippen molar-refractivity contribution in [1.82, 2.24) is 19.9 Å². The van der Waals surface area contributed by atoms with Crippen molar-refractivity contribution >= 4 is 16.7 Å². The summed E-state index contributed by atoms with van der Waals surface area (Å²) in [6, 6.07) is 13.7. The van der Waals surface area contributed by atoms with Crippen LogP contribution >= 0.6 is 0 Å². The summed E-state index contributed by atoms with van der Waals surface area (Å²) in [5.41, 5.74) is 2.28.